The van der Waals surface area contributed by atoms with Crippen LogP contribution in [0.15, 0.2) is 36.3 Å². The van der Waals surface area contributed by atoms with Gasteiger partial charge in [0.05, 0.1) is 12.9 Å². The summed E-state index contributed by atoms with van der Waals surface area (Å²) in [6, 6.07) is -1.06. The van der Waals surface area contributed by atoms with E-state index in [0.717, 1.165) is 23.3 Å². The molecular weight excluding hydrogens is 370 g/mol. The minimum atomic E-state index is -0.892. The molecule has 2 heterocycles. The predicted molar refractivity (Wildman–Crippen MR) is 104 cm³/mol. The molecule has 1 aliphatic carbocycles. The van der Waals surface area contributed by atoms with Crippen LogP contribution in [0.3, 0.4) is 0 Å². The van der Waals surface area contributed by atoms with Gasteiger partial charge < -0.3 is 4.74 Å². The lowest BCUT2D eigenvalue weighted by Gasteiger charge is -2.34. The fraction of sp³-hybridized carbons (Fsp3) is 0.400. The summed E-state index contributed by atoms with van der Waals surface area (Å²) in [7, 11) is 0. The molecule has 1 aliphatic heterocycles. The van der Waals surface area contributed by atoms with E-state index in [4.69, 9.17) is 11.6 Å². The number of nitrogens with zero attached hydrogens (tertiary/aromatic N) is 1. The maximum atomic E-state index is 13.2. The smallest absolute Gasteiger partial charge is 0.308 e. The zero-order chi connectivity index (χ0) is 21.7. The van der Waals surface area contributed by atoms with Crippen molar-refractivity contribution in [3.8, 4) is 5.06 Å². The number of esters is 1. The van der Waals surface area contributed by atoms with Crippen molar-refractivity contribution in [2.45, 2.75) is 38.8 Å². The van der Waals surface area contributed by atoms with Crippen molar-refractivity contribution in [1.29, 1.82) is 0 Å². The standard InChI is InChI=1S/C20H21NO3S.ClH/c1-13(22)24-18-11-16-12-21(10-9-17(16)25-18)19(20(23)15-7-8-15)14-5-3-2-4-6-14;/h2-6,11,15,19H,7-10,12H2,1H3;1H/i2D,3D,4D,5D,6D;. The zero-order valence-corrected chi connectivity index (χ0v) is 15.9. The van der Waals surface area contributed by atoms with Gasteiger partial charge in [0.1, 0.15) is 0 Å². The molecule has 0 saturated heterocycles. The normalized spacial score (nSPS) is 20.4. The van der Waals surface area contributed by atoms with Gasteiger partial charge >= 0.3 is 5.97 Å². The minimum Gasteiger partial charge on any atom is -0.416 e. The van der Waals surface area contributed by atoms with Crippen LogP contribution in [0.25, 0.3) is 0 Å². The van der Waals surface area contributed by atoms with E-state index in [2.05, 4.69) is 0 Å². The third kappa shape index (κ3) is 4.00. The first-order chi connectivity index (χ1) is 14.2. The lowest BCUT2D eigenvalue weighted by Crippen LogP contribution is -2.38. The Labute approximate surface area is 170 Å². The van der Waals surface area contributed by atoms with Crippen molar-refractivity contribution >= 4 is 35.5 Å². The quantitative estimate of drug-likeness (QED) is 0.711. The summed E-state index contributed by atoms with van der Waals surface area (Å²) in [6.45, 7) is 2.24. The molecule has 1 aromatic heterocycles. The van der Waals surface area contributed by atoms with Gasteiger partial charge in [0.15, 0.2) is 10.8 Å². The Hall–Kier alpha value is -1.69. The van der Waals surface area contributed by atoms with Crippen LogP contribution in [0.5, 0.6) is 5.06 Å². The van der Waals surface area contributed by atoms with E-state index in [1.165, 1.54) is 18.3 Å². The number of benzene rings is 1. The highest BCUT2D eigenvalue weighted by Crippen LogP contribution is 2.40. The number of fused-ring (bicyclic) bond motifs is 1. The Kier molecular flexibility index (Phi) is 4.10. The van der Waals surface area contributed by atoms with Gasteiger partial charge in [-0.25, -0.2) is 0 Å². The Balaban J connectivity index is 0.00000272. The van der Waals surface area contributed by atoms with E-state index in [1.807, 2.05) is 4.90 Å². The molecule has 138 valence electrons. The number of ether oxygens (including phenoxy) is 1. The highest BCUT2D eigenvalue weighted by atomic mass is 35.5. The first-order valence-corrected chi connectivity index (χ1v) is 9.15. The van der Waals surface area contributed by atoms with E-state index in [-0.39, 0.29) is 41.8 Å². The second-order valence-electron chi connectivity index (χ2n) is 6.45. The molecule has 0 N–H and O–H groups in total. The average molecular weight is 397 g/mol. The molecule has 4 rings (SSSR count). The first kappa shape index (κ1) is 13.5. The first-order valence-electron chi connectivity index (χ1n) is 10.8. The van der Waals surface area contributed by atoms with Crippen molar-refractivity contribution in [2.24, 2.45) is 5.92 Å². The van der Waals surface area contributed by atoms with Gasteiger partial charge in [0, 0.05) is 30.8 Å². The summed E-state index contributed by atoms with van der Waals surface area (Å²) in [4.78, 5) is 27.5. The number of rotatable bonds is 5. The monoisotopic (exact) mass is 396 g/mol. The van der Waals surface area contributed by atoms with E-state index in [0.29, 0.717) is 24.6 Å². The molecule has 1 aromatic carbocycles. The minimum absolute atomic E-state index is 0. The van der Waals surface area contributed by atoms with Gasteiger partial charge in [-0.15, -0.1) is 23.7 Å². The Morgan fingerprint density at radius 2 is 2.04 bits per heavy atom. The van der Waals surface area contributed by atoms with Crippen molar-refractivity contribution in [2.75, 3.05) is 6.54 Å². The molecule has 26 heavy (non-hydrogen) atoms. The molecule has 0 spiro atoms. The van der Waals surface area contributed by atoms with E-state index < -0.39 is 30.1 Å². The van der Waals surface area contributed by atoms with Gasteiger partial charge in [-0.3, -0.25) is 14.5 Å². The van der Waals surface area contributed by atoms with Crippen LogP contribution >= 0.6 is 23.7 Å². The Bertz CT molecular complexity index is 1030. The maximum Gasteiger partial charge on any atom is 0.308 e. The number of Topliss-reactive ketones (excluding diaryl/α,β-unsaturated/α-hetero) is 1. The van der Waals surface area contributed by atoms with Crippen LogP contribution in [-0.4, -0.2) is 23.2 Å². The summed E-state index contributed by atoms with van der Waals surface area (Å²) in [5.74, 6) is -0.618. The second-order valence-corrected chi connectivity index (χ2v) is 7.55. The van der Waals surface area contributed by atoms with Gasteiger partial charge in [-0.1, -0.05) is 30.2 Å². The third-order valence-electron chi connectivity index (χ3n) is 4.53. The topological polar surface area (TPSA) is 46.6 Å². The number of hydrogen-bond donors (Lipinski definition) is 0. The molecule has 1 saturated carbocycles. The van der Waals surface area contributed by atoms with Gasteiger partial charge in [-0.2, -0.15) is 0 Å². The summed E-state index contributed by atoms with van der Waals surface area (Å²) in [6.07, 6.45) is 2.17. The van der Waals surface area contributed by atoms with Crippen molar-refractivity contribution < 1.29 is 21.2 Å². The predicted octanol–water partition coefficient (Wildman–Crippen LogP) is 4.17. The molecule has 1 atom stereocenters. The summed E-state index contributed by atoms with van der Waals surface area (Å²) in [5, 5.41) is 0.502. The number of carbonyl (C=O) groups excluding carboxylic acids is 2. The molecule has 0 bridgehead atoms. The molecule has 1 unspecified atom stereocenters. The average Bonchev–Trinajstić information content (AvgIpc) is 3.47. The second kappa shape index (κ2) is 7.91. The summed E-state index contributed by atoms with van der Waals surface area (Å²) < 4.78 is 45.8. The van der Waals surface area contributed by atoms with Crippen molar-refractivity contribution in [3.05, 3.63) is 52.3 Å². The lowest BCUT2D eigenvalue weighted by molar-refractivity contribution is -0.131. The van der Waals surface area contributed by atoms with E-state index in [1.54, 1.807) is 6.07 Å². The Morgan fingerprint density at radius 1 is 1.31 bits per heavy atom. The molecule has 2 aliphatic rings. The van der Waals surface area contributed by atoms with Crippen LogP contribution in [0.2, 0.25) is 0 Å². The highest BCUT2D eigenvalue weighted by Gasteiger charge is 2.39. The summed E-state index contributed by atoms with van der Waals surface area (Å²) in [5.41, 5.74) is 0.986. The SMILES string of the molecule is Cl.[2H]c1c([2H])c([2H])c(C(C(=O)C2CC2)N2CCc3sc(OC(C)=O)cc3C2)c([2H])c1[2H]. The van der Waals surface area contributed by atoms with Crippen LogP contribution < -0.4 is 4.74 Å². The van der Waals surface area contributed by atoms with Gasteiger partial charge in [-0.05, 0) is 36.5 Å². The summed E-state index contributed by atoms with van der Waals surface area (Å²) >= 11 is 1.40. The molecule has 0 radical (unpaired) electrons. The largest absolute Gasteiger partial charge is 0.416 e. The lowest BCUT2D eigenvalue weighted by atomic mass is 9.95. The highest BCUT2D eigenvalue weighted by molar-refractivity contribution is 7.14. The number of halogens is 1. The van der Waals surface area contributed by atoms with Crippen LogP contribution in [0, 0.1) is 5.92 Å². The molecule has 6 heteroatoms. The van der Waals surface area contributed by atoms with E-state index in [9.17, 15) is 9.59 Å². The number of thiophene rings is 1. The molecule has 2 aromatic rings. The zero-order valence-electron chi connectivity index (χ0n) is 19.3. The van der Waals surface area contributed by atoms with E-state index >= 15 is 0 Å². The van der Waals surface area contributed by atoms with Gasteiger partial charge in [0.25, 0.3) is 0 Å². The van der Waals surface area contributed by atoms with Gasteiger partial charge in [0.2, 0.25) is 0 Å². The fourth-order valence-corrected chi connectivity index (χ4v) is 4.28. The van der Waals surface area contributed by atoms with Crippen LogP contribution in [0.1, 0.15) is 48.7 Å². The molecule has 0 amide bonds. The number of hydrogen-bond acceptors (Lipinski definition) is 5. The van der Waals surface area contributed by atoms with Crippen LogP contribution in [-0.2, 0) is 22.6 Å². The number of carbonyl (C=O) groups is 2. The number of ketones is 1. The molecule has 1 fully saturated rings. The molecular formula is C20H22ClNO3S. The fourth-order valence-electron chi connectivity index (χ4n) is 3.23. The van der Waals surface area contributed by atoms with Crippen LogP contribution in [0.4, 0.5) is 0 Å². The Morgan fingerprint density at radius 3 is 2.69 bits per heavy atom. The van der Waals surface area contributed by atoms with Crippen molar-refractivity contribution in [3.63, 3.8) is 0 Å². The molecule has 4 nitrogen and oxygen atoms in total. The maximum absolute atomic E-state index is 13.2. The van der Waals surface area contributed by atoms with Crippen molar-refractivity contribution in [1.82, 2.24) is 4.90 Å². The third-order valence-corrected chi connectivity index (χ3v) is 5.64.